The van der Waals surface area contributed by atoms with Gasteiger partial charge in [-0.1, -0.05) is 0 Å². The summed E-state index contributed by atoms with van der Waals surface area (Å²) < 4.78 is 27.6. The number of nitrogens with zero attached hydrogens (tertiary/aromatic N) is 3. The van der Waals surface area contributed by atoms with E-state index in [4.69, 9.17) is 15.8 Å². The molecule has 0 aliphatic rings. The van der Waals surface area contributed by atoms with Crippen LogP contribution in [0.15, 0.2) is 8.95 Å². The van der Waals surface area contributed by atoms with Crippen molar-refractivity contribution >= 4 is 43.0 Å². The minimum absolute atomic E-state index is 0.0361. The van der Waals surface area contributed by atoms with Crippen LogP contribution >= 0.6 is 31.9 Å². The number of halogens is 4. The van der Waals surface area contributed by atoms with Gasteiger partial charge < -0.3 is 0 Å². The first kappa shape index (κ1) is 15.3. The van der Waals surface area contributed by atoms with Crippen molar-refractivity contribution in [3.63, 3.8) is 0 Å². The van der Waals surface area contributed by atoms with E-state index in [-0.39, 0.29) is 19.7 Å². The standard InChI is InChI=1S/C12H3Br2F2N3/c1-5(2-17)7-9(13)12(16)8(6(3-18)4-19)10(14)11(7)15/h1H3/b7-5-. The first-order valence-corrected chi connectivity index (χ1v) is 6.26. The van der Waals surface area contributed by atoms with E-state index >= 15 is 0 Å². The highest BCUT2D eigenvalue weighted by Crippen LogP contribution is 2.17. The highest BCUT2D eigenvalue weighted by Gasteiger charge is 2.18. The Bertz CT molecular complexity index is 757. The summed E-state index contributed by atoms with van der Waals surface area (Å²) in [6.07, 6.45) is 0. The van der Waals surface area contributed by atoms with Crippen molar-refractivity contribution in [1.29, 1.82) is 15.8 Å². The normalized spacial score (nSPS) is 11.1. The molecule has 19 heavy (non-hydrogen) atoms. The topological polar surface area (TPSA) is 71.4 Å². The van der Waals surface area contributed by atoms with Gasteiger partial charge in [0.2, 0.25) is 0 Å². The highest BCUT2D eigenvalue weighted by molar-refractivity contribution is 9.11. The van der Waals surface area contributed by atoms with Crippen LogP contribution in [0.5, 0.6) is 0 Å². The molecule has 0 unspecified atom stereocenters. The molecule has 0 saturated carbocycles. The molecule has 1 aromatic rings. The van der Waals surface area contributed by atoms with Gasteiger partial charge in [-0.3, -0.25) is 0 Å². The van der Waals surface area contributed by atoms with Gasteiger partial charge in [0.15, 0.2) is 0 Å². The van der Waals surface area contributed by atoms with Crippen molar-refractivity contribution < 1.29 is 8.78 Å². The minimum atomic E-state index is -0.976. The molecule has 0 aliphatic heterocycles. The van der Waals surface area contributed by atoms with Gasteiger partial charge in [-0.2, -0.15) is 15.8 Å². The summed E-state index contributed by atoms with van der Waals surface area (Å²) in [4.78, 5) is 0. The van der Waals surface area contributed by atoms with Gasteiger partial charge in [-0.25, -0.2) is 8.78 Å². The molecule has 0 radical (unpaired) electrons. The SMILES string of the molecule is C/C(C#N)=c1/c(F)c(Br)c(=C(C#N)C#N)c(F)c1Br. The van der Waals surface area contributed by atoms with Crippen LogP contribution in [0, 0.1) is 45.6 Å². The Kier molecular flexibility index (Phi) is 4.78. The van der Waals surface area contributed by atoms with Crippen molar-refractivity contribution in [2.45, 2.75) is 6.92 Å². The molecule has 0 saturated heterocycles. The van der Waals surface area contributed by atoms with Gasteiger partial charge in [-0.15, -0.1) is 0 Å². The molecule has 0 aromatic heterocycles. The van der Waals surface area contributed by atoms with Crippen LogP contribution in [-0.2, 0) is 0 Å². The lowest BCUT2D eigenvalue weighted by molar-refractivity contribution is 0.572. The van der Waals surface area contributed by atoms with E-state index in [2.05, 4.69) is 31.9 Å². The van der Waals surface area contributed by atoms with Crippen molar-refractivity contribution in [1.82, 2.24) is 0 Å². The maximum Gasteiger partial charge on any atom is 0.148 e. The molecule has 7 heteroatoms. The third-order valence-electron chi connectivity index (χ3n) is 2.28. The number of hydrogen-bond acceptors (Lipinski definition) is 3. The summed E-state index contributed by atoms with van der Waals surface area (Å²) in [6, 6.07) is 4.70. The summed E-state index contributed by atoms with van der Waals surface area (Å²) in [7, 11) is 0. The van der Waals surface area contributed by atoms with E-state index in [0.717, 1.165) is 0 Å². The zero-order valence-corrected chi connectivity index (χ0v) is 12.5. The summed E-state index contributed by atoms with van der Waals surface area (Å²) in [5, 5.41) is 25.5. The number of benzene rings is 1. The summed E-state index contributed by atoms with van der Waals surface area (Å²) in [5.74, 6) is -1.89. The third kappa shape index (κ3) is 2.51. The Labute approximate surface area is 123 Å². The molecule has 0 atom stereocenters. The van der Waals surface area contributed by atoms with Gasteiger partial charge in [0.25, 0.3) is 0 Å². The molecule has 0 heterocycles. The van der Waals surface area contributed by atoms with Gasteiger partial charge in [0.05, 0.1) is 20.2 Å². The van der Waals surface area contributed by atoms with Crippen molar-refractivity contribution in [3.8, 4) is 18.2 Å². The van der Waals surface area contributed by atoms with Crippen molar-refractivity contribution in [2.75, 3.05) is 0 Å². The molecule has 0 aliphatic carbocycles. The van der Waals surface area contributed by atoms with Crippen LogP contribution in [0.4, 0.5) is 8.78 Å². The second-order valence-corrected chi connectivity index (χ2v) is 4.93. The lowest BCUT2D eigenvalue weighted by Gasteiger charge is -2.04. The summed E-state index contributed by atoms with van der Waals surface area (Å²) in [6.45, 7) is 1.33. The van der Waals surface area contributed by atoms with Crippen LogP contribution in [0.25, 0.3) is 11.1 Å². The van der Waals surface area contributed by atoms with E-state index in [1.165, 1.54) is 19.1 Å². The molecular formula is C12H3Br2F2N3. The smallest absolute Gasteiger partial charge is 0.148 e. The lowest BCUT2D eigenvalue weighted by Crippen LogP contribution is -2.25. The van der Waals surface area contributed by atoms with Crippen LogP contribution < -0.4 is 10.4 Å². The third-order valence-corrected chi connectivity index (χ3v) is 3.77. The van der Waals surface area contributed by atoms with E-state index in [9.17, 15) is 8.78 Å². The zero-order valence-electron chi connectivity index (χ0n) is 9.35. The van der Waals surface area contributed by atoms with Crippen molar-refractivity contribution in [2.24, 2.45) is 0 Å². The van der Waals surface area contributed by atoms with E-state index in [1.54, 1.807) is 6.07 Å². The van der Waals surface area contributed by atoms with Gasteiger partial charge >= 0.3 is 0 Å². The van der Waals surface area contributed by atoms with Gasteiger partial charge in [-0.05, 0) is 38.8 Å². The van der Waals surface area contributed by atoms with E-state index in [0.29, 0.717) is 0 Å². The molecule has 0 amide bonds. The van der Waals surface area contributed by atoms with Crippen LogP contribution in [-0.4, -0.2) is 0 Å². The molecule has 0 N–H and O–H groups in total. The number of rotatable bonds is 0. The first-order valence-electron chi connectivity index (χ1n) is 4.68. The molecule has 94 valence electrons. The summed E-state index contributed by atoms with van der Waals surface area (Å²) >= 11 is 5.66. The van der Waals surface area contributed by atoms with Gasteiger partial charge in [0, 0.05) is 10.8 Å². The molecule has 0 spiro atoms. The lowest BCUT2D eigenvalue weighted by atomic mass is 10.1. The Balaban J connectivity index is 4.28. The molecule has 1 aromatic carbocycles. The fraction of sp³-hybridized carbons (Fsp3) is 0.0833. The average molecular weight is 387 g/mol. The van der Waals surface area contributed by atoms with Crippen LogP contribution in [0.3, 0.4) is 0 Å². The minimum Gasteiger partial charge on any atom is -0.205 e. The predicted molar refractivity (Wildman–Crippen MR) is 70.3 cm³/mol. The van der Waals surface area contributed by atoms with Crippen molar-refractivity contribution in [3.05, 3.63) is 31.0 Å². The summed E-state index contributed by atoms with van der Waals surface area (Å²) in [5.41, 5.74) is -0.601. The first-order chi connectivity index (χ1) is 8.90. The molecule has 3 nitrogen and oxygen atoms in total. The highest BCUT2D eigenvalue weighted by atomic mass is 79.9. The Morgan fingerprint density at radius 1 is 0.895 bits per heavy atom. The fourth-order valence-electron chi connectivity index (χ4n) is 1.37. The predicted octanol–water partition coefficient (Wildman–Crippen LogP) is 2.38. The number of hydrogen-bond donors (Lipinski definition) is 0. The Morgan fingerprint density at radius 2 is 1.32 bits per heavy atom. The molecular weight excluding hydrogens is 384 g/mol. The Morgan fingerprint density at radius 3 is 1.74 bits per heavy atom. The second kappa shape index (κ2) is 5.93. The van der Waals surface area contributed by atoms with Gasteiger partial charge in [0.1, 0.15) is 29.3 Å². The Hall–Kier alpha value is -1.75. The van der Waals surface area contributed by atoms with Crippen LogP contribution in [0.2, 0.25) is 0 Å². The van der Waals surface area contributed by atoms with E-state index < -0.39 is 22.4 Å². The zero-order chi connectivity index (χ0) is 14.7. The van der Waals surface area contributed by atoms with E-state index in [1.807, 2.05) is 0 Å². The molecule has 0 bridgehead atoms. The quantitative estimate of drug-likeness (QED) is 0.642. The second-order valence-electron chi connectivity index (χ2n) is 3.34. The monoisotopic (exact) mass is 385 g/mol. The molecule has 0 fully saturated rings. The maximum atomic E-state index is 14.1. The largest absolute Gasteiger partial charge is 0.205 e. The number of nitriles is 3. The average Bonchev–Trinajstić information content (AvgIpc) is 2.41. The molecule has 1 rings (SSSR count). The maximum absolute atomic E-state index is 14.1. The van der Waals surface area contributed by atoms with Crippen LogP contribution in [0.1, 0.15) is 6.92 Å². The fourth-order valence-corrected chi connectivity index (χ4v) is 2.61.